The van der Waals surface area contributed by atoms with Crippen LogP contribution >= 0.6 is 11.8 Å². The van der Waals surface area contributed by atoms with Crippen LogP contribution in [-0.2, 0) is 6.42 Å². The van der Waals surface area contributed by atoms with Crippen LogP contribution in [0.15, 0.2) is 114 Å². The number of hydrogen-bond donors (Lipinski definition) is 3. The molecule has 50 heavy (non-hydrogen) atoms. The van der Waals surface area contributed by atoms with Gasteiger partial charge in [0.25, 0.3) is 0 Å². The molecule has 0 saturated heterocycles. The first-order valence-corrected chi connectivity index (χ1v) is 18.6. The second-order valence-corrected chi connectivity index (χ2v) is 15.2. The lowest BCUT2D eigenvalue weighted by atomic mass is 9.65. The molecule has 0 amide bonds. The number of fused-ring (bicyclic) bond motifs is 8. The third kappa shape index (κ3) is 6.97. The number of benzene rings is 3. The Morgan fingerprint density at radius 2 is 1.70 bits per heavy atom. The van der Waals surface area contributed by atoms with E-state index in [0.717, 1.165) is 53.5 Å². The van der Waals surface area contributed by atoms with Crippen molar-refractivity contribution in [2.24, 2.45) is 5.41 Å². The third-order valence-electron chi connectivity index (χ3n) is 11.0. The molecule has 3 aliphatic rings. The normalized spacial score (nSPS) is 24.0. The highest BCUT2D eigenvalue weighted by atomic mass is 32.2. The van der Waals surface area contributed by atoms with Crippen molar-refractivity contribution in [1.29, 1.82) is 0 Å². The summed E-state index contributed by atoms with van der Waals surface area (Å²) < 4.78 is 0. The number of rotatable bonds is 7. The number of nitrogens with zero attached hydrogens (tertiary/aromatic N) is 3. The molecule has 3 aliphatic carbocycles. The van der Waals surface area contributed by atoms with Crippen molar-refractivity contribution in [3.8, 4) is 22.5 Å². The topological polar surface area (TPSA) is 112 Å². The van der Waals surface area contributed by atoms with Crippen LogP contribution in [0.5, 0.6) is 0 Å². The summed E-state index contributed by atoms with van der Waals surface area (Å²) in [6, 6.07) is 28.0. The highest BCUT2D eigenvalue weighted by Gasteiger charge is 2.56. The van der Waals surface area contributed by atoms with Crippen molar-refractivity contribution in [1.82, 2.24) is 20.2 Å². The van der Waals surface area contributed by atoms with Crippen LogP contribution in [0.4, 0.5) is 0 Å². The number of thioether (sulfide) groups is 1. The largest absolute Gasteiger partial charge is 0.393 e. The Balaban J connectivity index is 1.23. The van der Waals surface area contributed by atoms with Crippen molar-refractivity contribution >= 4 is 17.5 Å². The summed E-state index contributed by atoms with van der Waals surface area (Å²) in [7, 11) is 0. The fraction of sp³-hybridized carbons (Fsp3) is 0.333. The molecule has 7 nitrogen and oxygen atoms in total. The van der Waals surface area contributed by atoms with Gasteiger partial charge in [-0.25, -0.2) is 4.98 Å². The zero-order valence-electron chi connectivity index (χ0n) is 28.7. The molecule has 0 spiro atoms. The molecule has 1 saturated carbocycles. The fourth-order valence-electron chi connectivity index (χ4n) is 7.91. The second-order valence-electron chi connectivity index (χ2n) is 14.2. The van der Waals surface area contributed by atoms with Gasteiger partial charge in [0.05, 0.1) is 11.7 Å². The number of nitrogens with one attached hydrogen (secondary N) is 1. The maximum Gasteiger partial charge on any atom is 0.208 e. The average molecular weight is 685 g/mol. The molecular weight excluding hydrogens is 641 g/mol. The Hall–Kier alpha value is -4.37. The van der Waals surface area contributed by atoms with Crippen molar-refractivity contribution in [3.63, 3.8) is 0 Å². The van der Waals surface area contributed by atoms with E-state index >= 15 is 0 Å². The molecule has 4 atom stereocenters. The zero-order valence-corrected chi connectivity index (χ0v) is 29.5. The Bertz CT molecular complexity index is 1980. The van der Waals surface area contributed by atoms with E-state index in [1.807, 2.05) is 60.7 Å². The van der Waals surface area contributed by atoms with E-state index in [4.69, 9.17) is 4.98 Å². The van der Waals surface area contributed by atoms with E-state index in [-0.39, 0.29) is 11.7 Å². The summed E-state index contributed by atoms with van der Waals surface area (Å²) in [5.74, 6) is 1.02. The summed E-state index contributed by atoms with van der Waals surface area (Å²) in [5.41, 5.74) is 5.98. The molecule has 3 N–H and O–H groups in total. The number of carbonyl (C=O) groups excluding carboxylic acids is 1. The molecule has 5 aromatic rings. The molecule has 8 heteroatoms. The first-order chi connectivity index (χ1) is 24.2. The molecule has 256 valence electrons. The maximum atomic E-state index is 14.5. The first kappa shape index (κ1) is 34.1. The number of aliphatic hydroxyl groups excluding tert-OH is 1. The average Bonchev–Trinajstić information content (AvgIpc) is 3.72. The number of aliphatic hydroxyl groups is 2. The minimum Gasteiger partial charge on any atom is -0.393 e. The number of carbonyl (C=O) groups is 1. The summed E-state index contributed by atoms with van der Waals surface area (Å²) in [5, 5.41) is 31.7. The minimum absolute atomic E-state index is 0.0321. The molecule has 1 fully saturated rings. The van der Waals surface area contributed by atoms with Crippen LogP contribution in [0.2, 0.25) is 0 Å². The SMILES string of the molecule is CC1=CCC[C@@]2(C)[C@@H](CC[C@@]2(O)CSc2n[nH]c(-c3ccncc3)n2)c2ccc(cc2C(=O)c2ccc(-c3ccccc3)cc2)C[C@@H](O)CC1. The van der Waals surface area contributed by atoms with E-state index in [0.29, 0.717) is 47.1 Å². The molecule has 2 heterocycles. The van der Waals surface area contributed by atoms with Gasteiger partial charge in [-0.05, 0) is 98.2 Å². The van der Waals surface area contributed by atoms with Gasteiger partial charge in [-0.1, -0.05) is 97.1 Å². The van der Waals surface area contributed by atoms with Gasteiger partial charge >= 0.3 is 0 Å². The summed E-state index contributed by atoms with van der Waals surface area (Å²) in [6.07, 6.45) is 10.1. The van der Waals surface area contributed by atoms with Crippen LogP contribution in [-0.4, -0.2) is 53.6 Å². The van der Waals surface area contributed by atoms with Crippen molar-refractivity contribution < 1.29 is 15.0 Å². The Morgan fingerprint density at radius 1 is 0.940 bits per heavy atom. The molecule has 8 rings (SSSR count). The quantitative estimate of drug-likeness (QED) is 0.0894. The number of ketones is 1. The Morgan fingerprint density at radius 3 is 2.48 bits per heavy atom. The van der Waals surface area contributed by atoms with E-state index in [1.54, 1.807) is 12.4 Å². The first-order valence-electron chi connectivity index (χ1n) is 17.6. The fourth-order valence-corrected chi connectivity index (χ4v) is 9.02. The summed E-state index contributed by atoms with van der Waals surface area (Å²) in [4.78, 5) is 23.3. The lowest BCUT2D eigenvalue weighted by Gasteiger charge is -2.44. The van der Waals surface area contributed by atoms with Gasteiger partial charge in [0, 0.05) is 40.3 Å². The van der Waals surface area contributed by atoms with Crippen LogP contribution in [0.25, 0.3) is 22.5 Å². The van der Waals surface area contributed by atoms with Crippen molar-refractivity contribution in [2.45, 2.75) is 81.6 Å². The van der Waals surface area contributed by atoms with Crippen molar-refractivity contribution in [2.75, 3.05) is 5.75 Å². The summed E-state index contributed by atoms with van der Waals surface area (Å²) in [6.45, 7) is 4.34. The molecular formula is C42H44N4O3S. The predicted molar refractivity (Wildman–Crippen MR) is 199 cm³/mol. The Kier molecular flexibility index (Phi) is 9.87. The highest BCUT2D eigenvalue weighted by molar-refractivity contribution is 7.99. The molecule has 2 aromatic heterocycles. The van der Waals surface area contributed by atoms with Gasteiger partial charge in [-0.2, -0.15) is 0 Å². The zero-order chi connectivity index (χ0) is 34.7. The number of pyridine rings is 1. The number of aromatic nitrogens is 4. The molecule has 0 aliphatic heterocycles. The molecule has 0 unspecified atom stereocenters. The van der Waals surface area contributed by atoms with Crippen LogP contribution in [0.1, 0.15) is 85.3 Å². The van der Waals surface area contributed by atoms with Gasteiger partial charge in [-0.3, -0.25) is 14.9 Å². The van der Waals surface area contributed by atoms with Crippen LogP contribution in [0.3, 0.4) is 0 Å². The van der Waals surface area contributed by atoms with Crippen molar-refractivity contribution in [3.05, 3.63) is 131 Å². The number of allylic oxidation sites excluding steroid dienone is 2. The molecule has 3 aromatic carbocycles. The third-order valence-corrected chi connectivity index (χ3v) is 12.1. The lowest BCUT2D eigenvalue weighted by molar-refractivity contribution is -0.0422. The number of H-pyrrole nitrogens is 1. The second kappa shape index (κ2) is 14.5. The monoisotopic (exact) mass is 684 g/mol. The van der Waals surface area contributed by atoms with E-state index in [9.17, 15) is 15.0 Å². The van der Waals surface area contributed by atoms with E-state index in [1.165, 1.54) is 17.3 Å². The van der Waals surface area contributed by atoms with Gasteiger partial charge in [0.2, 0.25) is 5.16 Å². The lowest BCUT2D eigenvalue weighted by Crippen LogP contribution is -2.46. The maximum absolute atomic E-state index is 14.5. The van der Waals surface area contributed by atoms with E-state index in [2.05, 4.69) is 59.4 Å². The minimum atomic E-state index is -1.02. The van der Waals surface area contributed by atoms with E-state index < -0.39 is 17.1 Å². The van der Waals surface area contributed by atoms with Crippen LogP contribution in [0, 0.1) is 5.41 Å². The summed E-state index contributed by atoms with van der Waals surface area (Å²) >= 11 is 1.47. The van der Waals surface area contributed by atoms with Gasteiger partial charge in [0.1, 0.15) is 0 Å². The highest BCUT2D eigenvalue weighted by Crippen LogP contribution is 2.59. The smallest absolute Gasteiger partial charge is 0.208 e. The van der Waals surface area contributed by atoms with Crippen LogP contribution < -0.4 is 0 Å². The van der Waals surface area contributed by atoms with Gasteiger partial charge < -0.3 is 10.2 Å². The predicted octanol–water partition coefficient (Wildman–Crippen LogP) is 8.60. The van der Waals surface area contributed by atoms with Gasteiger partial charge in [0.15, 0.2) is 11.6 Å². The van der Waals surface area contributed by atoms with Gasteiger partial charge in [-0.15, -0.1) is 5.10 Å². The standard InChI is InChI=1S/C42H44N4O3S/c1-28-7-6-21-41(2)37(18-22-42(41,49)27-50-40-44-39(45-46-40)33-19-23-43-24-20-33)35-17-11-29(25-34(47)16-10-28)26-36(35)38(48)32-14-12-31(13-15-32)30-8-4-3-5-9-30/h3-5,7-9,11-15,17,19-20,23-24,26,34,37,47,49H,6,10,16,18,21-22,25,27H2,1-2H3,(H,44,45,46)/t34-,37-,41-,42+/m0/s1. The molecule has 2 bridgehead atoms. The Labute approximate surface area is 298 Å². The number of aromatic amines is 1. The number of hydrogen-bond acceptors (Lipinski definition) is 7. The molecule has 0 radical (unpaired) electrons.